The molecule has 1 aromatic rings. The van der Waals surface area contributed by atoms with Crippen molar-refractivity contribution >= 4 is 18.0 Å². The summed E-state index contributed by atoms with van der Waals surface area (Å²) in [6.07, 6.45) is 1.69. The highest BCUT2D eigenvalue weighted by molar-refractivity contribution is 5.97. The zero-order valence-corrected chi connectivity index (χ0v) is 5.61. The van der Waals surface area contributed by atoms with Crippen LogP contribution < -0.4 is 5.32 Å². The van der Waals surface area contributed by atoms with Gasteiger partial charge in [-0.15, -0.1) is 0 Å². The molecule has 1 N–H and O–H groups in total. The first-order chi connectivity index (χ1) is 5.33. The zero-order chi connectivity index (χ0) is 8.10. The Labute approximate surface area is 62.4 Å². The van der Waals surface area contributed by atoms with Crippen molar-refractivity contribution in [3.63, 3.8) is 0 Å². The summed E-state index contributed by atoms with van der Waals surface area (Å²) >= 11 is 0. The fourth-order valence-electron chi connectivity index (χ4n) is 0.547. The van der Waals surface area contributed by atoms with Gasteiger partial charge in [-0.3, -0.25) is 4.79 Å². The molecule has 0 saturated carbocycles. The van der Waals surface area contributed by atoms with E-state index >= 15 is 0 Å². The summed E-state index contributed by atoms with van der Waals surface area (Å²) in [6.45, 7) is 0. The molecule has 58 valence electrons. The molecular weight excluding hydrogens is 148 g/mol. The SMILES string of the molecule is O=CCC(=O)Nc1ccon1. The van der Waals surface area contributed by atoms with Crippen LogP contribution in [0.3, 0.4) is 0 Å². The Bertz CT molecular complexity index is 242. The largest absolute Gasteiger partial charge is 0.363 e. The molecule has 1 aromatic heterocycles. The van der Waals surface area contributed by atoms with Crippen LogP contribution in [0.1, 0.15) is 6.42 Å². The van der Waals surface area contributed by atoms with Crippen LogP contribution in [0, 0.1) is 0 Å². The Morgan fingerprint density at radius 3 is 3.18 bits per heavy atom. The first-order valence-electron chi connectivity index (χ1n) is 2.97. The van der Waals surface area contributed by atoms with Gasteiger partial charge in [-0.25, -0.2) is 0 Å². The van der Waals surface area contributed by atoms with Gasteiger partial charge in [-0.1, -0.05) is 5.16 Å². The number of aldehydes is 1. The lowest BCUT2D eigenvalue weighted by Crippen LogP contribution is -2.11. The van der Waals surface area contributed by atoms with E-state index in [0.717, 1.165) is 0 Å². The van der Waals surface area contributed by atoms with Gasteiger partial charge in [0.2, 0.25) is 5.91 Å². The first kappa shape index (κ1) is 7.46. The molecule has 0 atom stereocenters. The number of hydrogen-bond acceptors (Lipinski definition) is 4. The Balaban J connectivity index is 2.43. The molecule has 1 amide bonds. The number of amides is 1. The molecule has 0 fully saturated rings. The van der Waals surface area contributed by atoms with E-state index in [1.54, 1.807) is 0 Å². The van der Waals surface area contributed by atoms with Crippen molar-refractivity contribution in [3.05, 3.63) is 12.3 Å². The Hall–Kier alpha value is -1.65. The predicted octanol–water partition coefficient (Wildman–Crippen LogP) is 0.202. The second kappa shape index (κ2) is 3.50. The smallest absolute Gasteiger partial charge is 0.232 e. The average molecular weight is 154 g/mol. The molecule has 11 heavy (non-hydrogen) atoms. The van der Waals surface area contributed by atoms with Gasteiger partial charge < -0.3 is 14.6 Å². The lowest BCUT2D eigenvalue weighted by molar-refractivity contribution is -0.120. The van der Waals surface area contributed by atoms with Crippen molar-refractivity contribution in [2.24, 2.45) is 0 Å². The fraction of sp³-hybridized carbons (Fsp3) is 0.167. The van der Waals surface area contributed by atoms with Crippen molar-refractivity contribution in [3.8, 4) is 0 Å². The maximum Gasteiger partial charge on any atom is 0.232 e. The second-order valence-corrected chi connectivity index (χ2v) is 1.80. The molecule has 0 bridgehead atoms. The number of anilines is 1. The van der Waals surface area contributed by atoms with Crippen molar-refractivity contribution in [2.45, 2.75) is 6.42 Å². The minimum absolute atomic E-state index is 0.160. The monoisotopic (exact) mass is 154 g/mol. The van der Waals surface area contributed by atoms with Gasteiger partial charge in [0, 0.05) is 6.07 Å². The number of hydrogen-bond donors (Lipinski definition) is 1. The summed E-state index contributed by atoms with van der Waals surface area (Å²) in [5.74, 6) is -0.0780. The Kier molecular flexibility index (Phi) is 2.37. The van der Waals surface area contributed by atoms with E-state index in [1.807, 2.05) is 0 Å². The van der Waals surface area contributed by atoms with Crippen LogP contribution >= 0.6 is 0 Å². The number of carbonyl (C=O) groups is 2. The normalized spacial score (nSPS) is 9.09. The van der Waals surface area contributed by atoms with Crippen LogP contribution in [-0.2, 0) is 9.59 Å². The van der Waals surface area contributed by atoms with Gasteiger partial charge in [0.1, 0.15) is 12.5 Å². The molecule has 0 aliphatic carbocycles. The maximum absolute atomic E-state index is 10.7. The van der Waals surface area contributed by atoms with Gasteiger partial charge in [-0.05, 0) is 0 Å². The maximum atomic E-state index is 10.7. The highest BCUT2D eigenvalue weighted by atomic mass is 16.5. The molecular formula is C6H6N2O3. The number of aromatic nitrogens is 1. The molecule has 0 unspecified atom stereocenters. The van der Waals surface area contributed by atoms with E-state index < -0.39 is 5.91 Å². The van der Waals surface area contributed by atoms with Gasteiger partial charge in [0.25, 0.3) is 0 Å². The van der Waals surface area contributed by atoms with Crippen molar-refractivity contribution < 1.29 is 14.1 Å². The molecule has 0 spiro atoms. The highest BCUT2D eigenvalue weighted by Gasteiger charge is 2.01. The Morgan fingerprint density at radius 2 is 2.64 bits per heavy atom. The van der Waals surface area contributed by atoms with Crippen molar-refractivity contribution in [1.82, 2.24) is 5.16 Å². The molecule has 5 nitrogen and oxygen atoms in total. The van der Waals surface area contributed by atoms with Crippen LogP contribution in [0.4, 0.5) is 5.82 Å². The van der Waals surface area contributed by atoms with Crippen LogP contribution in [-0.4, -0.2) is 17.4 Å². The lowest BCUT2D eigenvalue weighted by atomic mass is 10.4. The third kappa shape index (κ3) is 2.21. The summed E-state index contributed by atoms with van der Waals surface area (Å²) in [5, 5.41) is 5.76. The standard InChI is InChI=1S/C6H6N2O3/c9-3-1-6(10)7-5-2-4-11-8-5/h2-4H,1H2,(H,7,8,10). The summed E-state index contributed by atoms with van der Waals surface area (Å²) in [6, 6.07) is 1.49. The van der Waals surface area contributed by atoms with E-state index in [0.29, 0.717) is 12.1 Å². The molecule has 0 aromatic carbocycles. The lowest BCUT2D eigenvalue weighted by Gasteiger charge is -1.93. The molecule has 0 aliphatic rings. The summed E-state index contributed by atoms with van der Waals surface area (Å²) in [4.78, 5) is 20.5. The van der Waals surface area contributed by atoms with Gasteiger partial charge in [-0.2, -0.15) is 0 Å². The van der Waals surface area contributed by atoms with Crippen LogP contribution in [0.2, 0.25) is 0 Å². The fourth-order valence-corrected chi connectivity index (χ4v) is 0.547. The molecule has 0 saturated heterocycles. The topological polar surface area (TPSA) is 72.2 Å². The minimum Gasteiger partial charge on any atom is -0.363 e. The summed E-state index contributed by atoms with van der Waals surface area (Å²) in [7, 11) is 0. The predicted molar refractivity (Wildman–Crippen MR) is 35.8 cm³/mol. The minimum atomic E-state index is -0.395. The van der Waals surface area contributed by atoms with Gasteiger partial charge in [0.15, 0.2) is 5.82 Å². The third-order valence-electron chi connectivity index (χ3n) is 0.974. The number of nitrogens with one attached hydrogen (secondary N) is 1. The van der Waals surface area contributed by atoms with E-state index in [9.17, 15) is 9.59 Å². The van der Waals surface area contributed by atoms with Crippen LogP contribution in [0.25, 0.3) is 0 Å². The molecule has 5 heteroatoms. The van der Waals surface area contributed by atoms with E-state index in [1.165, 1.54) is 12.3 Å². The van der Waals surface area contributed by atoms with Gasteiger partial charge >= 0.3 is 0 Å². The van der Waals surface area contributed by atoms with Crippen molar-refractivity contribution in [2.75, 3.05) is 5.32 Å². The van der Waals surface area contributed by atoms with Crippen LogP contribution in [0.15, 0.2) is 16.9 Å². The molecule has 0 radical (unpaired) electrons. The van der Waals surface area contributed by atoms with Crippen LogP contribution in [0.5, 0.6) is 0 Å². The number of nitrogens with zero attached hydrogens (tertiary/aromatic N) is 1. The van der Waals surface area contributed by atoms with Gasteiger partial charge in [0.05, 0.1) is 6.42 Å². The quantitative estimate of drug-likeness (QED) is 0.498. The molecule has 1 rings (SSSR count). The molecule has 1 heterocycles. The Morgan fingerprint density at radius 1 is 1.82 bits per heavy atom. The first-order valence-corrected chi connectivity index (χ1v) is 2.97. The number of carbonyl (C=O) groups excluding carboxylic acids is 2. The number of rotatable bonds is 3. The summed E-state index contributed by atoms with van der Waals surface area (Å²) in [5.41, 5.74) is 0. The second-order valence-electron chi connectivity index (χ2n) is 1.80. The molecule has 0 aliphatic heterocycles. The highest BCUT2D eigenvalue weighted by Crippen LogP contribution is 2.00. The zero-order valence-electron chi connectivity index (χ0n) is 5.61. The average Bonchev–Trinajstić information content (AvgIpc) is 2.40. The van der Waals surface area contributed by atoms with Crippen molar-refractivity contribution in [1.29, 1.82) is 0 Å². The van der Waals surface area contributed by atoms with E-state index in [2.05, 4.69) is 15.0 Å². The summed E-state index contributed by atoms with van der Waals surface area (Å²) < 4.78 is 4.44. The van der Waals surface area contributed by atoms with E-state index in [4.69, 9.17) is 0 Å². The third-order valence-corrected chi connectivity index (χ3v) is 0.974. The van der Waals surface area contributed by atoms with E-state index in [-0.39, 0.29) is 6.42 Å².